The van der Waals surface area contributed by atoms with E-state index in [1.807, 2.05) is 0 Å². The Morgan fingerprint density at radius 3 is 2.59 bits per heavy atom. The molecule has 0 aliphatic carbocycles. The molecule has 1 N–H and O–H groups in total. The second-order valence-corrected chi connectivity index (χ2v) is 4.22. The number of H-pyrrole nitrogens is 1. The first-order valence-electron chi connectivity index (χ1n) is 6.60. The Bertz CT molecular complexity index is 689. The average Bonchev–Trinajstić information content (AvgIpc) is 3.03. The van der Waals surface area contributed by atoms with Gasteiger partial charge in [0.25, 0.3) is 0 Å². The fourth-order valence-electron chi connectivity index (χ4n) is 1.76. The molecule has 22 heavy (non-hydrogen) atoms. The van der Waals surface area contributed by atoms with E-state index in [-0.39, 0.29) is 12.3 Å². The van der Waals surface area contributed by atoms with E-state index in [1.54, 1.807) is 37.3 Å². The lowest BCUT2D eigenvalue weighted by atomic mass is 10.1. The molecule has 1 heterocycles. The van der Waals surface area contributed by atoms with Crippen LogP contribution in [0.25, 0.3) is 17.3 Å². The van der Waals surface area contributed by atoms with E-state index in [4.69, 9.17) is 4.74 Å². The molecule has 0 radical (unpaired) electrons. The van der Waals surface area contributed by atoms with Crippen molar-refractivity contribution in [2.45, 2.75) is 6.92 Å². The lowest BCUT2D eigenvalue weighted by Gasteiger charge is -2.02. The highest BCUT2D eigenvalue weighted by molar-refractivity contribution is 5.94. The van der Waals surface area contributed by atoms with Gasteiger partial charge in [-0.15, -0.1) is 5.10 Å². The molecule has 0 unspecified atom stereocenters. The highest BCUT2D eigenvalue weighted by Gasteiger charge is 2.18. The van der Waals surface area contributed by atoms with Gasteiger partial charge in [-0.2, -0.15) is 10.3 Å². The van der Waals surface area contributed by atoms with Crippen LogP contribution in [0.1, 0.15) is 23.0 Å². The number of aromatic amines is 1. The fraction of sp³-hybridized carbons (Fsp3) is 0.200. The van der Waals surface area contributed by atoms with E-state index in [2.05, 4.69) is 20.1 Å². The van der Waals surface area contributed by atoms with Crippen molar-refractivity contribution >= 4 is 18.0 Å². The van der Waals surface area contributed by atoms with Crippen molar-refractivity contribution in [3.8, 4) is 11.3 Å². The van der Waals surface area contributed by atoms with Crippen LogP contribution >= 0.6 is 0 Å². The number of carbonyl (C=O) groups excluding carboxylic acids is 2. The molecule has 114 valence electrons. The number of nitrogens with zero attached hydrogens (tertiary/aromatic N) is 2. The van der Waals surface area contributed by atoms with Gasteiger partial charge >= 0.3 is 11.9 Å². The van der Waals surface area contributed by atoms with Crippen LogP contribution in [0, 0.1) is 0 Å². The normalized spacial score (nSPS) is 10.6. The summed E-state index contributed by atoms with van der Waals surface area (Å²) in [6.45, 7) is 1.99. The molecule has 0 saturated carbocycles. The van der Waals surface area contributed by atoms with Crippen molar-refractivity contribution < 1.29 is 19.1 Å². The quantitative estimate of drug-likeness (QED) is 0.669. The monoisotopic (exact) mass is 301 g/mol. The van der Waals surface area contributed by atoms with E-state index < -0.39 is 11.9 Å². The second-order valence-electron chi connectivity index (χ2n) is 4.22. The number of esters is 2. The summed E-state index contributed by atoms with van der Waals surface area (Å²) in [5.41, 5.74) is 2.09. The van der Waals surface area contributed by atoms with E-state index in [0.717, 1.165) is 5.56 Å². The van der Waals surface area contributed by atoms with Gasteiger partial charge in [0.05, 0.1) is 13.7 Å². The lowest BCUT2D eigenvalue weighted by Crippen LogP contribution is -2.06. The molecule has 1 aromatic heterocycles. The van der Waals surface area contributed by atoms with Crippen LogP contribution in [0.3, 0.4) is 0 Å². The predicted molar refractivity (Wildman–Crippen MR) is 78.8 cm³/mol. The fourth-order valence-corrected chi connectivity index (χ4v) is 1.76. The summed E-state index contributed by atoms with van der Waals surface area (Å²) in [6.07, 6.45) is 2.96. The molecular formula is C15H15N3O4. The van der Waals surface area contributed by atoms with Gasteiger partial charge in [0.2, 0.25) is 0 Å². The molecule has 0 aliphatic heterocycles. The van der Waals surface area contributed by atoms with E-state index in [0.29, 0.717) is 11.3 Å². The van der Waals surface area contributed by atoms with Crippen molar-refractivity contribution in [1.29, 1.82) is 0 Å². The summed E-state index contributed by atoms with van der Waals surface area (Å²) in [4.78, 5) is 22.8. The minimum atomic E-state index is -0.527. The van der Waals surface area contributed by atoms with Crippen molar-refractivity contribution in [3.05, 3.63) is 41.6 Å². The molecular weight excluding hydrogens is 286 g/mol. The van der Waals surface area contributed by atoms with Crippen LogP contribution in [0.4, 0.5) is 0 Å². The highest BCUT2D eigenvalue weighted by Crippen LogP contribution is 2.21. The molecule has 0 spiro atoms. The van der Waals surface area contributed by atoms with Crippen molar-refractivity contribution in [2.75, 3.05) is 13.7 Å². The summed E-state index contributed by atoms with van der Waals surface area (Å²) >= 11 is 0. The van der Waals surface area contributed by atoms with Gasteiger partial charge in [0.1, 0.15) is 5.69 Å². The Labute approximate surface area is 126 Å². The molecule has 0 fully saturated rings. The first-order chi connectivity index (χ1) is 10.7. The molecule has 1 aromatic carbocycles. The van der Waals surface area contributed by atoms with Gasteiger partial charge in [-0.25, -0.2) is 9.59 Å². The predicted octanol–water partition coefficient (Wildman–Crippen LogP) is 1.83. The molecule has 0 saturated heterocycles. The van der Waals surface area contributed by atoms with Crippen molar-refractivity contribution in [3.63, 3.8) is 0 Å². The SMILES string of the molecule is CCOC(=O)c1n[nH]nc1-c1ccc(C=CC(=O)OC)cc1. The number of methoxy groups -OCH3 is 1. The number of benzene rings is 1. The standard InChI is InChI=1S/C15H15N3O4/c1-3-22-15(20)14-13(16-18-17-14)11-7-4-10(5-8-11)6-9-12(19)21-2/h4-9H,3H2,1-2H3,(H,16,17,18). The smallest absolute Gasteiger partial charge is 0.361 e. The van der Waals surface area contributed by atoms with Crippen LogP contribution in [0.5, 0.6) is 0 Å². The zero-order valence-corrected chi connectivity index (χ0v) is 12.2. The Hall–Kier alpha value is -2.96. The molecule has 0 amide bonds. The van der Waals surface area contributed by atoms with Crippen LogP contribution in [0.2, 0.25) is 0 Å². The summed E-state index contributed by atoms with van der Waals surface area (Å²) in [5.74, 6) is -0.953. The number of carbonyl (C=O) groups is 2. The maximum absolute atomic E-state index is 11.8. The topological polar surface area (TPSA) is 94.2 Å². The number of nitrogens with one attached hydrogen (secondary N) is 1. The number of hydrogen-bond acceptors (Lipinski definition) is 6. The summed E-state index contributed by atoms with van der Waals surface area (Å²) in [6, 6.07) is 7.13. The molecule has 7 nitrogen and oxygen atoms in total. The maximum Gasteiger partial charge on any atom is 0.361 e. The van der Waals surface area contributed by atoms with Gasteiger partial charge in [0, 0.05) is 11.6 Å². The first-order valence-corrected chi connectivity index (χ1v) is 6.60. The summed E-state index contributed by atoms with van der Waals surface area (Å²) < 4.78 is 9.45. The van der Waals surface area contributed by atoms with Crippen LogP contribution in [-0.2, 0) is 14.3 Å². The summed E-state index contributed by atoms with van der Waals surface area (Å²) in [5, 5.41) is 10.2. The number of hydrogen-bond donors (Lipinski definition) is 1. The molecule has 0 aliphatic rings. The van der Waals surface area contributed by atoms with Gasteiger partial charge in [0.15, 0.2) is 5.69 Å². The Balaban J connectivity index is 2.21. The zero-order chi connectivity index (χ0) is 15.9. The molecule has 7 heteroatoms. The van der Waals surface area contributed by atoms with Gasteiger partial charge in [-0.1, -0.05) is 24.3 Å². The lowest BCUT2D eigenvalue weighted by molar-refractivity contribution is -0.134. The third kappa shape index (κ3) is 3.57. The Morgan fingerprint density at radius 2 is 1.95 bits per heavy atom. The highest BCUT2D eigenvalue weighted by atomic mass is 16.5. The largest absolute Gasteiger partial charge is 0.466 e. The Kier molecular flexibility index (Phi) is 5.02. The van der Waals surface area contributed by atoms with Crippen LogP contribution in [-0.4, -0.2) is 41.1 Å². The summed E-state index contributed by atoms with van der Waals surface area (Å²) in [7, 11) is 1.32. The molecule has 0 atom stereocenters. The van der Waals surface area contributed by atoms with Crippen molar-refractivity contribution in [2.24, 2.45) is 0 Å². The number of aromatic nitrogens is 3. The molecule has 2 rings (SSSR count). The van der Waals surface area contributed by atoms with Crippen molar-refractivity contribution in [1.82, 2.24) is 15.4 Å². The second kappa shape index (κ2) is 7.16. The minimum Gasteiger partial charge on any atom is -0.466 e. The number of rotatable bonds is 5. The molecule has 2 aromatic rings. The number of ether oxygens (including phenoxy) is 2. The first kappa shape index (κ1) is 15.4. The van der Waals surface area contributed by atoms with Crippen LogP contribution in [0.15, 0.2) is 30.3 Å². The maximum atomic E-state index is 11.8. The average molecular weight is 301 g/mol. The third-order valence-corrected chi connectivity index (χ3v) is 2.81. The van der Waals surface area contributed by atoms with Gasteiger partial charge < -0.3 is 9.47 Å². The third-order valence-electron chi connectivity index (χ3n) is 2.81. The van der Waals surface area contributed by atoms with Crippen LogP contribution < -0.4 is 0 Å². The minimum absolute atomic E-state index is 0.139. The van der Waals surface area contributed by atoms with E-state index in [1.165, 1.54) is 13.2 Å². The Morgan fingerprint density at radius 1 is 1.23 bits per heavy atom. The van der Waals surface area contributed by atoms with E-state index >= 15 is 0 Å². The van der Waals surface area contributed by atoms with Gasteiger partial charge in [-0.05, 0) is 18.6 Å². The zero-order valence-electron chi connectivity index (χ0n) is 12.2. The van der Waals surface area contributed by atoms with Gasteiger partial charge in [-0.3, -0.25) is 0 Å². The van der Waals surface area contributed by atoms with E-state index in [9.17, 15) is 9.59 Å². The molecule has 0 bridgehead atoms.